The summed E-state index contributed by atoms with van der Waals surface area (Å²) >= 11 is 5.92. The van der Waals surface area contributed by atoms with Crippen molar-refractivity contribution in [3.8, 4) is 0 Å². The Balaban J connectivity index is 1.75. The zero-order valence-electron chi connectivity index (χ0n) is 10.4. The molecule has 19 heavy (non-hydrogen) atoms. The van der Waals surface area contributed by atoms with E-state index >= 15 is 0 Å². The molecular weight excluding hydrogens is 266 g/mol. The fraction of sp³-hybridized carbons (Fsp3) is 0.538. The average Bonchev–Trinajstić information content (AvgIpc) is 2.61. The van der Waals surface area contributed by atoms with Crippen molar-refractivity contribution in [1.82, 2.24) is 10.3 Å². The van der Waals surface area contributed by atoms with E-state index in [-0.39, 0.29) is 6.04 Å². The van der Waals surface area contributed by atoms with E-state index < -0.39 is 6.09 Å². The minimum absolute atomic E-state index is 0.103. The van der Waals surface area contributed by atoms with Crippen LogP contribution in [0.4, 0.5) is 10.5 Å². The number of halogens is 1. The monoisotopic (exact) mass is 281 g/mol. The van der Waals surface area contributed by atoms with Crippen LogP contribution in [-0.2, 0) is 0 Å². The van der Waals surface area contributed by atoms with Crippen molar-refractivity contribution in [2.24, 2.45) is 11.8 Å². The number of hydrogen-bond donors (Lipinski definition) is 2. The van der Waals surface area contributed by atoms with Gasteiger partial charge in [0.25, 0.3) is 0 Å². The Hall–Kier alpha value is -1.49. The number of aromatic nitrogens is 1. The van der Waals surface area contributed by atoms with Gasteiger partial charge in [-0.15, -0.1) is 0 Å². The minimum atomic E-state index is -0.915. The van der Waals surface area contributed by atoms with E-state index in [1.54, 1.807) is 6.20 Å². The molecule has 1 amide bonds. The second-order valence-electron chi connectivity index (χ2n) is 5.31. The Morgan fingerprint density at radius 1 is 1.42 bits per heavy atom. The molecule has 102 valence electrons. The highest BCUT2D eigenvalue weighted by atomic mass is 35.5. The molecule has 1 aromatic rings. The Morgan fingerprint density at radius 2 is 2.11 bits per heavy atom. The lowest BCUT2D eigenvalue weighted by molar-refractivity contribution is 0.178. The maximum Gasteiger partial charge on any atom is 0.404 e. The van der Waals surface area contributed by atoms with Gasteiger partial charge in [-0.25, -0.2) is 9.78 Å². The Kier molecular flexibility index (Phi) is 3.22. The maximum absolute atomic E-state index is 10.8. The highest BCUT2D eigenvalue weighted by Gasteiger charge is 2.42. The number of pyridine rings is 1. The Morgan fingerprint density at radius 3 is 2.68 bits per heavy atom. The summed E-state index contributed by atoms with van der Waals surface area (Å²) in [6.45, 7) is 1.75. The van der Waals surface area contributed by atoms with Crippen molar-refractivity contribution in [3.63, 3.8) is 0 Å². The van der Waals surface area contributed by atoms with Crippen molar-refractivity contribution in [2.75, 3.05) is 18.0 Å². The van der Waals surface area contributed by atoms with Gasteiger partial charge in [-0.2, -0.15) is 0 Å². The van der Waals surface area contributed by atoms with Gasteiger partial charge in [0.05, 0.1) is 0 Å². The number of rotatable bonds is 2. The van der Waals surface area contributed by atoms with E-state index in [2.05, 4.69) is 15.2 Å². The van der Waals surface area contributed by atoms with Gasteiger partial charge in [0, 0.05) is 31.0 Å². The fourth-order valence-corrected chi connectivity index (χ4v) is 3.57. The number of carbonyl (C=O) groups is 1. The molecule has 5 nitrogen and oxygen atoms in total. The normalized spacial score (nSPS) is 29.3. The lowest BCUT2D eigenvalue weighted by Gasteiger charge is -2.39. The van der Waals surface area contributed by atoms with Crippen LogP contribution in [0.1, 0.15) is 12.8 Å². The molecule has 2 heterocycles. The standard InChI is InChI=1S/C13H16ClN3O2/c14-11-5-10(3-4-15-11)17-6-8-1-2-9(7-17)12(8)16-13(18)19/h3-5,8-9,12,16H,1-2,6-7H2,(H,18,19)/t8-,9+,12+. The smallest absolute Gasteiger partial charge is 0.404 e. The van der Waals surface area contributed by atoms with Crippen molar-refractivity contribution < 1.29 is 9.90 Å². The predicted octanol–water partition coefficient (Wildman–Crippen LogP) is 2.22. The molecule has 2 fully saturated rings. The second kappa shape index (κ2) is 4.89. The number of fused-ring (bicyclic) bond motifs is 2. The lowest BCUT2D eigenvalue weighted by atomic mass is 9.92. The zero-order chi connectivity index (χ0) is 13.4. The van der Waals surface area contributed by atoms with Gasteiger partial charge in [0.15, 0.2) is 0 Å². The minimum Gasteiger partial charge on any atom is -0.465 e. The number of carboxylic acid groups (broad SMARTS) is 1. The molecule has 1 aliphatic carbocycles. The number of nitrogens with one attached hydrogen (secondary N) is 1. The molecule has 0 radical (unpaired) electrons. The first-order chi connectivity index (χ1) is 9.13. The van der Waals surface area contributed by atoms with E-state index in [4.69, 9.17) is 16.7 Å². The van der Waals surface area contributed by atoms with Gasteiger partial charge in [0.1, 0.15) is 5.15 Å². The van der Waals surface area contributed by atoms with Gasteiger partial charge in [0.2, 0.25) is 0 Å². The van der Waals surface area contributed by atoms with Gasteiger partial charge < -0.3 is 15.3 Å². The summed E-state index contributed by atoms with van der Waals surface area (Å²) in [5.41, 5.74) is 1.07. The summed E-state index contributed by atoms with van der Waals surface area (Å²) in [6.07, 6.45) is 2.97. The molecule has 3 rings (SSSR count). The highest BCUT2D eigenvalue weighted by molar-refractivity contribution is 6.29. The average molecular weight is 282 g/mol. The van der Waals surface area contributed by atoms with Crippen LogP contribution in [0.25, 0.3) is 0 Å². The van der Waals surface area contributed by atoms with Crippen LogP contribution >= 0.6 is 11.6 Å². The molecule has 3 atom stereocenters. The summed E-state index contributed by atoms with van der Waals surface area (Å²) in [5, 5.41) is 12.1. The Labute approximate surface area is 116 Å². The first-order valence-corrected chi connectivity index (χ1v) is 6.87. The number of amides is 1. The van der Waals surface area contributed by atoms with Crippen molar-refractivity contribution in [2.45, 2.75) is 18.9 Å². The third-order valence-electron chi connectivity index (χ3n) is 4.20. The molecule has 0 spiro atoms. The molecule has 0 unspecified atom stereocenters. The van der Waals surface area contributed by atoms with Crippen LogP contribution in [0.3, 0.4) is 0 Å². The van der Waals surface area contributed by atoms with E-state index in [1.165, 1.54) is 0 Å². The Bertz CT molecular complexity index is 483. The third kappa shape index (κ3) is 2.47. The first kappa shape index (κ1) is 12.5. The van der Waals surface area contributed by atoms with Crippen LogP contribution in [0.5, 0.6) is 0 Å². The first-order valence-electron chi connectivity index (χ1n) is 6.49. The summed E-state index contributed by atoms with van der Waals surface area (Å²) in [5.74, 6) is 0.781. The van der Waals surface area contributed by atoms with E-state index in [9.17, 15) is 4.79 Å². The molecule has 2 aliphatic rings. The molecule has 1 aromatic heterocycles. The van der Waals surface area contributed by atoms with E-state index in [0.29, 0.717) is 17.0 Å². The topological polar surface area (TPSA) is 65.5 Å². The largest absolute Gasteiger partial charge is 0.465 e. The molecule has 6 heteroatoms. The number of piperidine rings is 1. The van der Waals surface area contributed by atoms with Crippen molar-refractivity contribution >= 4 is 23.4 Å². The molecule has 1 saturated carbocycles. The van der Waals surface area contributed by atoms with Gasteiger partial charge in [-0.3, -0.25) is 0 Å². The fourth-order valence-electron chi connectivity index (χ4n) is 3.40. The van der Waals surface area contributed by atoms with E-state index in [0.717, 1.165) is 31.6 Å². The summed E-state index contributed by atoms with van der Waals surface area (Å²) < 4.78 is 0. The highest BCUT2D eigenvalue weighted by Crippen LogP contribution is 2.38. The lowest BCUT2D eigenvalue weighted by Crippen LogP contribution is -2.52. The molecule has 1 aliphatic heterocycles. The molecule has 0 aromatic carbocycles. The van der Waals surface area contributed by atoms with Gasteiger partial charge in [-0.1, -0.05) is 11.6 Å². The van der Waals surface area contributed by atoms with Crippen LogP contribution in [0.15, 0.2) is 18.3 Å². The molecule has 2 N–H and O–H groups in total. The van der Waals surface area contributed by atoms with Crippen LogP contribution in [0, 0.1) is 11.8 Å². The second-order valence-corrected chi connectivity index (χ2v) is 5.70. The van der Waals surface area contributed by atoms with Gasteiger partial charge >= 0.3 is 6.09 Å². The maximum atomic E-state index is 10.8. The van der Waals surface area contributed by atoms with Crippen LogP contribution < -0.4 is 10.2 Å². The quantitative estimate of drug-likeness (QED) is 0.816. The number of nitrogens with zero attached hydrogens (tertiary/aromatic N) is 2. The third-order valence-corrected chi connectivity index (χ3v) is 4.41. The molecule has 1 saturated heterocycles. The van der Waals surface area contributed by atoms with Crippen molar-refractivity contribution in [3.05, 3.63) is 23.5 Å². The number of anilines is 1. The molecule has 2 bridgehead atoms. The van der Waals surface area contributed by atoms with Gasteiger partial charge in [-0.05, 0) is 36.8 Å². The molecular formula is C13H16ClN3O2. The summed E-state index contributed by atoms with van der Waals surface area (Å²) in [4.78, 5) is 17.1. The van der Waals surface area contributed by atoms with Crippen molar-refractivity contribution in [1.29, 1.82) is 0 Å². The van der Waals surface area contributed by atoms with E-state index in [1.807, 2.05) is 12.1 Å². The van der Waals surface area contributed by atoms with Crippen LogP contribution in [-0.4, -0.2) is 35.3 Å². The SMILES string of the molecule is O=C(O)N[C@H]1[C@@H]2CC[C@H]1CN(c1ccnc(Cl)c1)C2. The predicted molar refractivity (Wildman–Crippen MR) is 72.6 cm³/mol. The van der Waals surface area contributed by atoms with Crippen LogP contribution in [0.2, 0.25) is 5.15 Å². The number of hydrogen-bond acceptors (Lipinski definition) is 3. The summed E-state index contributed by atoms with van der Waals surface area (Å²) in [6, 6.07) is 3.92. The zero-order valence-corrected chi connectivity index (χ0v) is 11.2. The summed E-state index contributed by atoms with van der Waals surface area (Å²) in [7, 11) is 0.